The molecule has 21 heavy (non-hydrogen) atoms. The van der Waals surface area contributed by atoms with E-state index < -0.39 is 0 Å². The zero-order chi connectivity index (χ0) is 14.5. The number of rotatable bonds is 4. The summed E-state index contributed by atoms with van der Waals surface area (Å²) >= 11 is 0. The van der Waals surface area contributed by atoms with Crippen LogP contribution < -0.4 is 0 Å². The first kappa shape index (κ1) is 14.7. The monoisotopic (exact) mass is 288 g/mol. The summed E-state index contributed by atoms with van der Waals surface area (Å²) in [5.74, 6) is -0.170. The standard InChI is InChI=1S/C18H25FN2/c19-17-9-7-16(8-10-17)5-3-11-20-12-4-6-18(15-20)21-13-1-2-14-21/h3,5,7-10,18H,1-2,4,6,11-15H2/b5-3+/t18-/m1/s1. The van der Waals surface area contributed by atoms with Crippen LogP contribution in [0, 0.1) is 5.82 Å². The molecule has 2 fully saturated rings. The topological polar surface area (TPSA) is 6.48 Å². The lowest BCUT2D eigenvalue weighted by atomic mass is 10.0. The van der Waals surface area contributed by atoms with Gasteiger partial charge in [-0.1, -0.05) is 24.3 Å². The van der Waals surface area contributed by atoms with Gasteiger partial charge >= 0.3 is 0 Å². The van der Waals surface area contributed by atoms with Gasteiger partial charge in [0.25, 0.3) is 0 Å². The number of hydrogen-bond donors (Lipinski definition) is 0. The van der Waals surface area contributed by atoms with Gasteiger partial charge in [-0.05, 0) is 63.0 Å². The minimum atomic E-state index is -0.170. The fraction of sp³-hybridized carbons (Fsp3) is 0.556. The third-order valence-corrected chi connectivity index (χ3v) is 4.68. The van der Waals surface area contributed by atoms with Crippen molar-refractivity contribution in [3.8, 4) is 0 Å². The molecule has 1 aromatic carbocycles. The molecule has 2 saturated heterocycles. The Kier molecular flexibility index (Phi) is 5.04. The molecule has 0 radical (unpaired) electrons. The van der Waals surface area contributed by atoms with Gasteiger partial charge in [0.2, 0.25) is 0 Å². The minimum Gasteiger partial charge on any atom is -0.299 e. The lowest BCUT2D eigenvalue weighted by Crippen LogP contribution is -2.46. The highest BCUT2D eigenvalue weighted by Crippen LogP contribution is 2.20. The summed E-state index contributed by atoms with van der Waals surface area (Å²) in [6, 6.07) is 7.46. The predicted octanol–water partition coefficient (Wildman–Crippen LogP) is 3.40. The molecule has 2 aliphatic rings. The molecule has 114 valence electrons. The smallest absolute Gasteiger partial charge is 0.123 e. The van der Waals surface area contributed by atoms with Crippen LogP contribution in [0.2, 0.25) is 0 Å². The van der Waals surface area contributed by atoms with Gasteiger partial charge in [0, 0.05) is 19.1 Å². The van der Waals surface area contributed by atoms with Gasteiger partial charge in [0.05, 0.1) is 0 Å². The van der Waals surface area contributed by atoms with Gasteiger partial charge in [-0.3, -0.25) is 9.80 Å². The second-order valence-corrected chi connectivity index (χ2v) is 6.25. The van der Waals surface area contributed by atoms with Crippen molar-refractivity contribution in [2.24, 2.45) is 0 Å². The third-order valence-electron chi connectivity index (χ3n) is 4.68. The number of benzene rings is 1. The van der Waals surface area contributed by atoms with Crippen LogP contribution in [0.1, 0.15) is 31.2 Å². The van der Waals surface area contributed by atoms with E-state index in [1.165, 1.54) is 64.0 Å². The second-order valence-electron chi connectivity index (χ2n) is 6.25. The molecule has 0 aliphatic carbocycles. The Bertz CT molecular complexity index is 463. The quantitative estimate of drug-likeness (QED) is 0.838. The Morgan fingerprint density at radius 3 is 2.57 bits per heavy atom. The van der Waals surface area contributed by atoms with Crippen molar-refractivity contribution < 1.29 is 4.39 Å². The molecule has 3 rings (SSSR count). The van der Waals surface area contributed by atoms with Crippen molar-refractivity contribution in [3.05, 3.63) is 41.7 Å². The Hall–Kier alpha value is -1.19. The number of nitrogens with zero attached hydrogens (tertiary/aromatic N) is 2. The summed E-state index contributed by atoms with van der Waals surface area (Å²) in [6.07, 6.45) is 9.73. The number of likely N-dealkylation sites (tertiary alicyclic amines) is 2. The molecule has 0 saturated carbocycles. The van der Waals surface area contributed by atoms with Crippen molar-refractivity contribution in [2.75, 3.05) is 32.7 Å². The van der Waals surface area contributed by atoms with Crippen LogP contribution in [-0.4, -0.2) is 48.6 Å². The maximum absolute atomic E-state index is 12.9. The minimum absolute atomic E-state index is 0.170. The maximum atomic E-state index is 12.9. The summed E-state index contributed by atoms with van der Waals surface area (Å²) in [5, 5.41) is 0. The second kappa shape index (κ2) is 7.19. The average molecular weight is 288 g/mol. The molecule has 2 nitrogen and oxygen atoms in total. The van der Waals surface area contributed by atoms with Crippen LogP contribution in [0.25, 0.3) is 6.08 Å². The molecule has 1 atom stereocenters. The van der Waals surface area contributed by atoms with Crippen LogP contribution in [0.4, 0.5) is 4.39 Å². The van der Waals surface area contributed by atoms with Crippen molar-refractivity contribution in [1.82, 2.24) is 9.80 Å². The number of halogens is 1. The first-order valence-electron chi connectivity index (χ1n) is 8.20. The molecule has 0 unspecified atom stereocenters. The highest BCUT2D eigenvalue weighted by molar-refractivity contribution is 5.48. The molecule has 0 N–H and O–H groups in total. The van der Waals surface area contributed by atoms with E-state index in [4.69, 9.17) is 0 Å². The van der Waals surface area contributed by atoms with Crippen LogP contribution in [-0.2, 0) is 0 Å². The van der Waals surface area contributed by atoms with Crippen LogP contribution >= 0.6 is 0 Å². The Balaban J connectivity index is 1.49. The predicted molar refractivity (Wildman–Crippen MR) is 85.7 cm³/mol. The van der Waals surface area contributed by atoms with Crippen LogP contribution in [0.5, 0.6) is 0 Å². The summed E-state index contributed by atoms with van der Waals surface area (Å²) in [5.41, 5.74) is 1.07. The maximum Gasteiger partial charge on any atom is 0.123 e. The van der Waals surface area contributed by atoms with E-state index in [0.29, 0.717) is 0 Å². The Morgan fingerprint density at radius 1 is 1.05 bits per heavy atom. The summed E-state index contributed by atoms with van der Waals surface area (Å²) < 4.78 is 12.9. The summed E-state index contributed by atoms with van der Waals surface area (Å²) in [4.78, 5) is 5.22. The molecule has 0 bridgehead atoms. The molecule has 0 amide bonds. The average Bonchev–Trinajstić information content (AvgIpc) is 3.04. The lowest BCUT2D eigenvalue weighted by molar-refractivity contribution is 0.124. The van der Waals surface area contributed by atoms with Gasteiger partial charge in [-0.2, -0.15) is 0 Å². The van der Waals surface area contributed by atoms with Gasteiger partial charge in [0.1, 0.15) is 5.82 Å². The normalized spacial score (nSPS) is 24.9. The number of hydrogen-bond acceptors (Lipinski definition) is 2. The molecule has 0 aromatic heterocycles. The van der Waals surface area contributed by atoms with Gasteiger partial charge in [-0.25, -0.2) is 4.39 Å². The summed E-state index contributed by atoms with van der Waals surface area (Å²) in [7, 11) is 0. The molecule has 2 heterocycles. The molecule has 3 heteroatoms. The van der Waals surface area contributed by atoms with E-state index >= 15 is 0 Å². The largest absolute Gasteiger partial charge is 0.299 e. The van der Waals surface area contributed by atoms with Gasteiger partial charge in [-0.15, -0.1) is 0 Å². The first-order chi connectivity index (χ1) is 10.3. The zero-order valence-corrected chi connectivity index (χ0v) is 12.7. The van der Waals surface area contributed by atoms with E-state index in [-0.39, 0.29) is 5.82 Å². The summed E-state index contributed by atoms with van der Waals surface area (Å²) in [6.45, 7) is 6.00. The van der Waals surface area contributed by atoms with E-state index in [0.717, 1.165) is 18.2 Å². The molecule has 0 spiro atoms. The highest BCUT2D eigenvalue weighted by Gasteiger charge is 2.26. The zero-order valence-electron chi connectivity index (χ0n) is 12.7. The van der Waals surface area contributed by atoms with Gasteiger partial charge in [0.15, 0.2) is 0 Å². The molecule has 1 aromatic rings. The third kappa shape index (κ3) is 4.14. The highest BCUT2D eigenvalue weighted by atomic mass is 19.1. The SMILES string of the molecule is Fc1ccc(/C=C/CN2CCC[C@@H](N3CCCC3)C2)cc1. The van der Waals surface area contributed by atoms with Crippen molar-refractivity contribution >= 4 is 6.08 Å². The first-order valence-corrected chi connectivity index (χ1v) is 8.20. The number of piperidine rings is 1. The van der Waals surface area contributed by atoms with Gasteiger partial charge < -0.3 is 0 Å². The fourth-order valence-corrected chi connectivity index (χ4v) is 3.51. The van der Waals surface area contributed by atoms with E-state index in [1.54, 1.807) is 0 Å². The molecule has 2 aliphatic heterocycles. The van der Waals surface area contributed by atoms with E-state index in [2.05, 4.69) is 22.0 Å². The lowest BCUT2D eigenvalue weighted by Gasteiger charge is -2.37. The van der Waals surface area contributed by atoms with Crippen LogP contribution in [0.3, 0.4) is 0 Å². The fourth-order valence-electron chi connectivity index (χ4n) is 3.51. The Labute approximate surface area is 127 Å². The van der Waals surface area contributed by atoms with Crippen molar-refractivity contribution in [2.45, 2.75) is 31.7 Å². The van der Waals surface area contributed by atoms with E-state index in [9.17, 15) is 4.39 Å². The van der Waals surface area contributed by atoms with Crippen molar-refractivity contribution in [1.29, 1.82) is 0 Å². The van der Waals surface area contributed by atoms with Crippen LogP contribution in [0.15, 0.2) is 30.3 Å². The molecular formula is C18H25FN2. The van der Waals surface area contributed by atoms with E-state index in [1.807, 2.05) is 12.1 Å². The molecular weight excluding hydrogens is 263 g/mol. The Morgan fingerprint density at radius 2 is 1.81 bits per heavy atom. The van der Waals surface area contributed by atoms with Crippen molar-refractivity contribution in [3.63, 3.8) is 0 Å².